The molecule has 2 atom stereocenters. The average molecular weight is 355 g/mol. The van der Waals surface area contributed by atoms with Crippen molar-refractivity contribution in [3.8, 4) is 0 Å². The fourth-order valence-electron chi connectivity index (χ4n) is 2.76. The van der Waals surface area contributed by atoms with Gasteiger partial charge in [-0.05, 0) is 57.5 Å². The van der Waals surface area contributed by atoms with Crippen LogP contribution in [0.3, 0.4) is 0 Å². The van der Waals surface area contributed by atoms with Crippen LogP contribution in [-0.4, -0.2) is 46.8 Å². The van der Waals surface area contributed by atoms with E-state index in [1.54, 1.807) is 31.2 Å². The minimum atomic E-state index is -0.804. The number of ketones is 1. The number of nitrogens with zero attached hydrogens (tertiary/aromatic N) is 1. The number of carbonyl (C=O) groups is 3. The first-order valence-corrected chi connectivity index (χ1v) is 7.77. The molecule has 132 valence electrons. The average Bonchev–Trinajstić information content (AvgIpc) is 2.54. The van der Waals surface area contributed by atoms with Crippen molar-refractivity contribution in [2.75, 3.05) is 18.4 Å². The van der Waals surface area contributed by atoms with Gasteiger partial charge in [0.1, 0.15) is 0 Å². The van der Waals surface area contributed by atoms with Gasteiger partial charge >= 0.3 is 5.97 Å². The lowest BCUT2D eigenvalue weighted by Crippen LogP contribution is -2.48. The summed E-state index contributed by atoms with van der Waals surface area (Å²) in [6.07, 6.45) is 1.44. The normalized spacial score (nSPS) is 19.0. The van der Waals surface area contributed by atoms with Crippen LogP contribution < -0.4 is 5.32 Å². The number of carboxylic acids is 1. The van der Waals surface area contributed by atoms with E-state index < -0.39 is 17.9 Å². The highest BCUT2D eigenvalue weighted by atomic mass is 35.5. The van der Waals surface area contributed by atoms with Crippen LogP contribution in [-0.2, 0) is 9.59 Å². The molecular weight excluding hydrogens is 332 g/mol. The predicted molar refractivity (Wildman–Crippen MR) is 93.7 cm³/mol. The summed E-state index contributed by atoms with van der Waals surface area (Å²) in [5, 5.41) is 11.9. The molecule has 0 radical (unpaired) electrons. The Labute approximate surface area is 147 Å². The van der Waals surface area contributed by atoms with Crippen molar-refractivity contribution >= 4 is 35.8 Å². The number of halogens is 1. The second-order valence-electron chi connectivity index (χ2n) is 5.97. The first-order valence-electron chi connectivity index (χ1n) is 7.77. The third-order valence-electron chi connectivity index (χ3n) is 4.29. The summed E-state index contributed by atoms with van der Waals surface area (Å²) in [4.78, 5) is 36.6. The van der Waals surface area contributed by atoms with Crippen molar-refractivity contribution in [1.82, 2.24) is 4.90 Å². The smallest absolute Gasteiger partial charge is 0.307 e. The molecule has 24 heavy (non-hydrogen) atoms. The second-order valence-corrected chi connectivity index (χ2v) is 5.97. The molecule has 1 heterocycles. The largest absolute Gasteiger partial charge is 0.481 e. The number of hydrogen-bond acceptors (Lipinski definition) is 4. The van der Waals surface area contributed by atoms with Crippen molar-refractivity contribution in [3.63, 3.8) is 0 Å². The van der Waals surface area contributed by atoms with Crippen molar-refractivity contribution < 1.29 is 19.5 Å². The molecule has 1 saturated heterocycles. The quantitative estimate of drug-likeness (QED) is 0.793. The molecule has 0 aliphatic carbocycles. The topological polar surface area (TPSA) is 86.7 Å². The molecule has 2 N–H and O–H groups in total. The third-order valence-corrected chi connectivity index (χ3v) is 4.29. The van der Waals surface area contributed by atoms with E-state index in [4.69, 9.17) is 5.11 Å². The number of anilines is 1. The lowest BCUT2D eigenvalue weighted by molar-refractivity contribution is -0.144. The van der Waals surface area contributed by atoms with Gasteiger partial charge in [0.25, 0.3) is 0 Å². The van der Waals surface area contributed by atoms with Gasteiger partial charge in [0.05, 0.1) is 12.0 Å². The highest BCUT2D eigenvalue weighted by Crippen LogP contribution is 2.19. The minimum Gasteiger partial charge on any atom is -0.481 e. The fraction of sp³-hybridized carbons (Fsp3) is 0.471. The lowest BCUT2D eigenvalue weighted by atomic mass is 9.97. The fourth-order valence-corrected chi connectivity index (χ4v) is 2.76. The molecule has 1 amide bonds. The molecule has 0 bridgehead atoms. The number of rotatable bonds is 5. The zero-order valence-electron chi connectivity index (χ0n) is 13.8. The molecule has 7 heteroatoms. The number of amides is 1. The summed E-state index contributed by atoms with van der Waals surface area (Å²) in [7, 11) is 0. The Morgan fingerprint density at radius 3 is 2.42 bits per heavy atom. The maximum Gasteiger partial charge on any atom is 0.307 e. The Kier molecular flexibility index (Phi) is 7.38. The van der Waals surface area contributed by atoms with E-state index in [-0.39, 0.29) is 24.1 Å². The number of carboxylic acid groups (broad SMARTS) is 1. The second kappa shape index (κ2) is 8.80. The Morgan fingerprint density at radius 1 is 1.25 bits per heavy atom. The van der Waals surface area contributed by atoms with E-state index in [2.05, 4.69) is 5.32 Å². The summed E-state index contributed by atoms with van der Waals surface area (Å²) in [5.74, 6) is -1.41. The Hall–Kier alpha value is -1.92. The lowest BCUT2D eigenvalue weighted by Gasteiger charge is -2.34. The molecule has 2 rings (SSSR count). The summed E-state index contributed by atoms with van der Waals surface area (Å²) in [6, 6.07) is 6.33. The number of benzene rings is 1. The van der Waals surface area contributed by atoms with E-state index in [9.17, 15) is 14.4 Å². The van der Waals surface area contributed by atoms with Gasteiger partial charge in [0, 0.05) is 17.8 Å². The minimum absolute atomic E-state index is 0. The van der Waals surface area contributed by atoms with E-state index in [1.807, 2.05) is 4.90 Å². The monoisotopic (exact) mass is 354 g/mol. The zero-order valence-corrected chi connectivity index (χ0v) is 14.6. The highest BCUT2D eigenvalue weighted by molar-refractivity contribution is 5.97. The Balaban J connectivity index is 0.00000288. The Morgan fingerprint density at radius 2 is 1.88 bits per heavy atom. The molecule has 0 spiro atoms. The number of aliphatic carboxylic acids is 1. The van der Waals surface area contributed by atoms with Crippen LogP contribution in [0.2, 0.25) is 0 Å². The van der Waals surface area contributed by atoms with Crippen LogP contribution >= 0.6 is 12.4 Å². The van der Waals surface area contributed by atoms with Crippen molar-refractivity contribution in [1.29, 1.82) is 0 Å². The van der Waals surface area contributed by atoms with E-state index >= 15 is 0 Å². The summed E-state index contributed by atoms with van der Waals surface area (Å²) in [6.45, 7) is 4.39. The molecule has 1 aromatic carbocycles. The molecule has 1 fully saturated rings. The molecule has 1 aliphatic rings. The molecule has 2 unspecified atom stereocenters. The van der Waals surface area contributed by atoms with E-state index in [0.29, 0.717) is 24.2 Å². The highest BCUT2D eigenvalue weighted by Gasteiger charge is 2.30. The van der Waals surface area contributed by atoms with Gasteiger partial charge in [-0.1, -0.05) is 0 Å². The maximum atomic E-state index is 12.3. The summed E-state index contributed by atoms with van der Waals surface area (Å²) in [5.41, 5.74) is 1.22. The molecule has 1 aromatic rings. The van der Waals surface area contributed by atoms with Gasteiger partial charge < -0.3 is 10.4 Å². The van der Waals surface area contributed by atoms with Crippen molar-refractivity contribution in [2.45, 2.75) is 32.7 Å². The summed E-state index contributed by atoms with van der Waals surface area (Å²) >= 11 is 0. The van der Waals surface area contributed by atoms with Crippen LogP contribution in [0, 0.1) is 5.92 Å². The van der Waals surface area contributed by atoms with Gasteiger partial charge in [-0.2, -0.15) is 0 Å². The number of piperidine rings is 1. The number of likely N-dealkylation sites (tertiary alicyclic amines) is 1. The third kappa shape index (κ3) is 5.04. The van der Waals surface area contributed by atoms with Crippen LogP contribution in [0.4, 0.5) is 5.69 Å². The predicted octanol–water partition coefficient (Wildman–Crippen LogP) is 2.43. The molecule has 1 aliphatic heterocycles. The maximum absolute atomic E-state index is 12.3. The molecular formula is C17H23ClN2O4. The SMILES string of the molecule is CC(=O)c1ccc(NC(=O)C(C)N2CCCC(C(=O)O)C2)cc1.Cl. The van der Waals surface area contributed by atoms with Gasteiger partial charge in [0.2, 0.25) is 5.91 Å². The molecule has 0 saturated carbocycles. The number of hydrogen-bond donors (Lipinski definition) is 2. The first-order chi connectivity index (χ1) is 10.9. The van der Waals surface area contributed by atoms with E-state index in [0.717, 1.165) is 13.0 Å². The Bertz CT molecular complexity index is 603. The molecule has 6 nitrogen and oxygen atoms in total. The standard InChI is InChI=1S/C17H22N2O4.ClH/c1-11(19-9-3-4-14(10-19)17(22)23)16(21)18-15-7-5-13(6-8-15)12(2)20;/h5-8,11,14H,3-4,9-10H2,1-2H3,(H,18,21)(H,22,23);1H. The van der Waals surface area contributed by atoms with Crippen molar-refractivity contribution in [3.05, 3.63) is 29.8 Å². The molecule has 0 aromatic heterocycles. The number of Topliss-reactive ketones (excluding diaryl/α,β-unsaturated/α-hetero) is 1. The van der Waals surface area contributed by atoms with Gasteiger partial charge in [-0.15, -0.1) is 12.4 Å². The van der Waals surface area contributed by atoms with Crippen molar-refractivity contribution in [2.24, 2.45) is 5.92 Å². The number of carbonyl (C=O) groups excluding carboxylic acids is 2. The van der Waals surface area contributed by atoms with Gasteiger partial charge in [0.15, 0.2) is 5.78 Å². The van der Waals surface area contributed by atoms with E-state index in [1.165, 1.54) is 6.92 Å². The van der Waals surface area contributed by atoms with Crippen LogP contribution in [0.1, 0.15) is 37.0 Å². The number of nitrogens with one attached hydrogen (secondary N) is 1. The van der Waals surface area contributed by atoms with Crippen LogP contribution in [0.5, 0.6) is 0 Å². The zero-order chi connectivity index (χ0) is 17.0. The first kappa shape index (κ1) is 20.1. The van der Waals surface area contributed by atoms with Crippen LogP contribution in [0.25, 0.3) is 0 Å². The van der Waals surface area contributed by atoms with Crippen LogP contribution in [0.15, 0.2) is 24.3 Å². The summed E-state index contributed by atoms with van der Waals surface area (Å²) < 4.78 is 0. The van der Waals surface area contributed by atoms with Gasteiger partial charge in [-0.25, -0.2) is 0 Å². The van der Waals surface area contributed by atoms with Gasteiger partial charge in [-0.3, -0.25) is 19.3 Å².